The molecule has 27 heavy (non-hydrogen) atoms. The fourth-order valence-corrected chi connectivity index (χ4v) is 3.30. The topological polar surface area (TPSA) is 83.4 Å². The summed E-state index contributed by atoms with van der Waals surface area (Å²) in [5, 5.41) is 15.2. The zero-order valence-electron chi connectivity index (χ0n) is 16.4. The molecule has 2 rings (SSSR count). The van der Waals surface area contributed by atoms with Crippen LogP contribution in [0.3, 0.4) is 0 Å². The number of methoxy groups -OCH3 is 2. The van der Waals surface area contributed by atoms with Crippen molar-refractivity contribution in [1.29, 1.82) is 5.26 Å². The van der Waals surface area contributed by atoms with Crippen LogP contribution in [-0.2, 0) is 27.1 Å². The lowest BCUT2D eigenvalue weighted by molar-refractivity contribution is -0.118. The summed E-state index contributed by atoms with van der Waals surface area (Å²) < 4.78 is 10.1. The summed E-state index contributed by atoms with van der Waals surface area (Å²) in [5.41, 5.74) is 3.92. The molecular formula is C21H29N3O3. The summed E-state index contributed by atoms with van der Waals surface area (Å²) in [6.07, 6.45) is 6.42. The average Bonchev–Trinajstić information content (AvgIpc) is 2.71. The highest BCUT2D eigenvalue weighted by atomic mass is 16.7. The quantitative estimate of drug-likeness (QED) is 0.396. The molecule has 1 atom stereocenters. The number of carbonyl (C=O) groups excluding carboxylic acids is 1. The van der Waals surface area contributed by atoms with Gasteiger partial charge in [0, 0.05) is 20.4 Å². The van der Waals surface area contributed by atoms with Crippen molar-refractivity contribution in [1.82, 2.24) is 10.6 Å². The van der Waals surface area contributed by atoms with Crippen molar-refractivity contribution in [3.63, 3.8) is 0 Å². The van der Waals surface area contributed by atoms with E-state index in [9.17, 15) is 10.1 Å². The summed E-state index contributed by atoms with van der Waals surface area (Å²) >= 11 is 0. The van der Waals surface area contributed by atoms with Gasteiger partial charge >= 0.3 is 0 Å². The van der Waals surface area contributed by atoms with Crippen molar-refractivity contribution in [2.45, 2.75) is 51.4 Å². The lowest BCUT2D eigenvalue weighted by Crippen LogP contribution is -2.31. The van der Waals surface area contributed by atoms with Gasteiger partial charge in [-0.1, -0.05) is 25.1 Å². The van der Waals surface area contributed by atoms with Crippen LogP contribution >= 0.6 is 0 Å². The molecule has 1 unspecified atom stereocenters. The van der Waals surface area contributed by atoms with Crippen molar-refractivity contribution < 1.29 is 14.3 Å². The number of hydrogen-bond donors (Lipinski definition) is 2. The highest BCUT2D eigenvalue weighted by molar-refractivity contribution is 5.97. The largest absolute Gasteiger partial charge is 0.385 e. The number of benzene rings is 1. The maximum atomic E-state index is 12.5. The van der Waals surface area contributed by atoms with E-state index in [1.807, 2.05) is 13.0 Å². The van der Waals surface area contributed by atoms with Crippen LogP contribution in [0.15, 0.2) is 30.0 Å². The number of nitriles is 1. The van der Waals surface area contributed by atoms with Crippen molar-refractivity contribution in [3.8, 4) is 6.07 Å². The van der Waals surface area contributed by atoms with E-state index in [4.69, 9.17) is 9.47 Å². The Hall–Kier alpha value is -2.36. The van der Waals surface area contributed by atoms with Gasteiger partial charge in [-0.2, -0.15) is 5.26 Å². The summed E-state index contributed by atoms with van der Waals surface area (Å²) in [4.78, 5) is 12.5. The fourth-order valence-electron chi connectivity index (χ4n) is 3.30. The minimum atomic E-state index is -0.442. The van der Waals surface area contributed by atoms with Crippen LogP contribution in [0.25, 0.3) is 0 Å². The van der Waals surface area contributed by atoms with E-state index in [2.05, 4.69) is 28.8 Å². The zero-order valence-corrected chi connectivity index (χ0v) is 16.4. The Morgan fingerprint density at radius 2 is 1.96 bits per heavy atom. The van der Waals surface area contributed by atoms with Crippen molar-refractivity contribution in [3.05, 3.63) is 46.7 Å². The number of amides is 1. The third-order valence-corrected chi connectivity index (χ3v) is 4.91. The predicted molar refractivity (Wildman–Crippen MR) is 104 cm³/mol. The number of hydrogen-bond acceptors (Lipinski definition) is 5. The Morgan fingerprint density at radius 1 is 1.26 bits per heavy atom. The molecular weight excluding hydrogens is 342 g/mol. The Kier molecular flexibility index (Phi) is 8.31. The molecule has 146 valence electrons. The number of ether oxygens (including phenoxy) is 2. The van der Waals surface area contributed by atoms with Gasteiger partial charge in [0.25, 0.3) is 5.91 Å². The molecule has 1 aliphatic rings. The maximum absolute atomic E-state index is 12.5. The minimum Gasteiger partial charge on any atom is -0.385 e. The average molecular weight is 371 g/mol. The van der Waals surface area contributed by atoms with Crippen LogP contribution in [0.4, 0.5) is 0 Å². The third-order valence-electron chi connectivity index (χ3n) is 4.91. The van der Waals surface area contributed by atoms with Crippen LogP contribution in [0, 0.1) is 11.3 Å². The number of fused-ring (bicyclic) bond motifs is 1. The van der Waals surface area contributed by atoms with Gasteiger partial charge in [0.05, 0.1) is 12.6 Å². The normalized spacial score (nSPS) is 15.0. The molecule has 0 bridgehead atoms. The Morgan fingerprint density at radius 3 is 2.59 bits per heavy atom. The summed E-state index contributed by atoms with van der Waals surface area (Å²) in [6.45, 7) is 2.37. The van der Waals surface area contributed by atoms with Crippen molar-refractivity contribution in [2.24, 2.45) is 0 Å². The molecule has 1 aromatic rings. The molecule has 0 saturated heterocycles. The molecule has 6 heteroatoms. The fraction of sp³-hybridized carbons (Fsp3) is 0.524. The van der Waals surface area contributed by atoms with Crippen LogP contribution in [-0.4, -0.2) is 33.0 Å². The zero-order chi connectivity index (χ0) is 19.6. The van der Waals surface area contributed by atoms with E-state index < -0.39 is 6.29 Å². The number of carbonyl (C=O) groups is 1. The van der Waals surface area contributed by atoms with Crippen molar-refractivity contribution in [2.75, 3.05) is 20.8 Å². The summed E-state index contributed by atoms with van der Waals surface area (Å²) in [6, 6.07) is 8.31. The van der Waals surface area contributed by atoms with Crippen LogP contribution in [0.1, 0.15) is 48.9 Å². The minimum absolute atomic E-state index is 0.0253. The van der Waals surface area contributed by atoms with Gasteiger partial charge in [0.2, 0.25) is 0 Å². The smallest absolute Gasteiger partial charge is 0.263 e. The number of rotatable bonds is 9. The third kappa shape index (κ3) is 5.81. The van der Waals surface area contributed by atoms with E-state index >= 15 is 0 Å². The molecule has 0 aromatic heterocycles. The molecule has 0 aliphatic heterocycles. The first-order chi connectivity index (χ1) is 13.1. The van der Waals surface area contributed by atoms with E-state index in [-0.39, 0.29) is 17.5 Å². The van der Waals surface area contributed by atoms with Gasteiger partial charge in [0.15, 0.2) is 6.29 Å². The number of nitrogens with one attached hydrogen (secondary N) is 2. The number of nitrogens with zero attached hydrogens (tertiary/aromatic N) is 1. The predicted octanol–water partition coefficient (Wildman–Crippen LogP) is 2.75. The van der Waals surface area contributed by atoms with Crippen LogP contribution in [0.2, 0.25) is 0 Å². The molecule has 1 aliphatic carbocycles. The Labute approximate surface area is 161 Å². The SMILES string of the molecule is CCC(NC(=O)/C(C#N)=C\NCC(OC)OC)c1ccc2c(c1)CCCC2. The van der Waals surface area contributed by atoms with Crippen LogP contribution < -0.4 is 10.6 Å². The molecule has 0 saturated carbocycles. The van der Waals surface area contributed by atoms with E-state index in [0.29, 0.717) is 6.54 Å². The lowest BCUT2D eigenvalue weighted by atomic mass is 9.88. The maximum Gasteiger partial charge on any atom is 0.263 e. The van der Waals surface area contributed by atoms with Crippen molar-refractivity contribution >= 4 is 5.91 Å². The first-order valence-electron chi connectivity index (χ1n) is 9.44. The van der Waals surface area contributed by atoms with E-state index in [1.165, 1.54) is 44.4 Å². The second-order valence-electron chi connectivity index (χ2n) is 6.65. The number of aryl methyl sites for hydroxylation is 2. The first kappa shape index (κ1) is 20.9. The van der Waals surface area contributed by atoms with E-state index in [0.717, 1.165) is 24.8 Å². The highest BCUT2D eigenvalue weighted by Gasteiger charge is 2.18. The highest BCUT2D eigenvalue weighted by Crippen LogP contribution is 2.26. The van der Waals surface area contributed by atoms with Gasteiger partial charge in [-0.25, -0.2) is 0 Å². The van der Waals surface area contributed by atoms with Crippen LogP contribution in [0.5, 0.6) is 0 Å². The first-order valence-corrected chi connectivity index (χ1v) is 9.44. The molecule has 0 heterocycles. The lowest BCUT2D eigenvalue weighted by Gasteiger charge is -2.21. The second-order valence-corrected chi connectivity index (χ2v) is 6.65. The van der Waals surface area contributed by atoms with Gasteiger partial charge in [-0.05, 0) is 48.8 Å². The molecule has 0 radical (unpaired) electrons. The molecule has 1 aromatic carbocycles. The second kappa shape index (κ2) is 10.7. The molecule has 6 nitrogen and oxygen atoms in total. The molecule has 0 spiro atoms. The summed E-state index contributed by atoms with van der Waals surface area (Å²) in [7, 11) is 3.06. The molecule has 1 amide bonds. The van der Waals surface area contributed by atoms with E-state index in [1.54, 1.807) is 0 Å². The monoisotopic (exact) mass is 371 g/mol. The Bertz CT molecular complexity index is 705. The summed E-state index contributed by atoms with van der Waals surface area (Å²) in [5.74, 6) is -0.388. The van der Waals surface area contributed by atoms with Gasteiger partial charge in [-0.3, -0.25) is 4.79 Å². The molecule has 2 N–H and O–H groups in total. The molecule has 0 fully saturated rings. The Balaban J connectivity index is 2.03. The standard InChI is InChI=1S/C21H29N3O3/c1-4-19(17-10-9-15-7-5-6-8-16(15)11-17)24-21(25)18(12-22)13-23-14-20(26-2)27-3/h9-11,13,19-20,23H,4-8,14H2,1-3H3,(H,24,25)/b18-13-. The van der Waals surface area contributed by atoms with Gasteiger partial charge < -0.3 is 20.1 Å². The van der Waals surface area contributed by atoms with Gasteiger partial charge in [-0.15, -0.1) is 0 Å². The van der Waals surface area contributed by atoms with Gasteiger partial charge in [0.1, 0.15) is 11.6 Å².